The lowest BCUT2D eigenvalue weighted by atomic mass is 10.1. The third-order valence-corrected chi connectivity index (χ3v) is 5.71. The minimum atomic E-state index is -0.214. The third-order valence-electron chi connectivity index (χ3n) is 4.52. The van der Waals surface area contributed by atoms with Gasteiger partial charge in [-0.3, -0.25) is 15.0 Å². The topological polar surface area (TPSA) is 54.5 Å². The van der Waals surface area contributed by atoms with Gasteiger partial charge in [-0.05, 0) is 18.2 Å². The van der Waals surface area contributed by atoms with Gasteiger partial charge in [0, 0.05) is 40.7 Å². The highest BCUT2D eigenvalue weighted by molar-refractivity contribution is 7.16. The van der Waals surface area contributed by atoms with Gasteiger partial charge in [-0.15, -0.1) is 0 Å². The predicted molar refractivity (Wildman–Crippen MR) is 113 cm³/mol. The summed E-state index contributed by atoms with van der Waals surface area (Å²) in [5, 5.41) is 4.04. The standard InChI is InChI=1S/C21H20ClN3O2S/c22-17-8-4-7-16(13-17)20(26)24-21-23-19(15-5-2-1-3-6-15)18(28-21)14-25-9-11-27-12-10-25/h1-8,13H,9-12,14H2,(H,23,24,26). The molecule has 1 N–H and O–H groups in total. The lowest BCUT2D eigenvalue weighted by Gasteiger charge is -2.26. The number of carbonyl (C=O) groups excluding carboxylic acids is 1. The van der Waals surface area contributed by atoms with Gasteiger partial charge in [-0.1, -0.05) is 59.3 Å². The van der Waals surface area contributed by atoms with Crippen LogP contribution in [0.1, 0.15) is 15.2 Å². The second-order valence-corrected chi connectivity index (χ2v) is 8.03. The van der Waals surface area contributed by atoms with Crippen molar-refractivity contribution in [2.45, 2.75) is 6.54 Å². The highest BCUT2D eigenvalue weighted by Gasteiger charge is 2.19. The molecule has 3 aromatic rings. The fourth-order valence-corrected chi connectivity index (χ4v) is 4.31. The summed E-state index contributed by atoms with van der Waals surface area (Å²) in [5.74, 6) is -0.214. The Morgan fingerprint density at radius 3 is 2.68 bits per heavy atom. The van der Waals surface area contributed by atoms with E-state index in [-0.39, 0.29) is 5.91 Å². The molecule has 0 saturated carbocycles. The molecule has 1 aromatic heterocycles. The molecule has 7 heteroatoms. The van der Waals surface area contributed by atoms with E-state index in [9.17, 15) is 4.79 Å². The molecular formula is C21H20ClN3O2S. The lowest BCUT2D eigenvalue weighted by molar-refractivity contribution is 0.0347. The summed E-state index contributed by atoms with van der Waals surface area (Å²) in [5.41, 5.74) is 2.47. The molecule has 1 fully saturated rings. The van der Waals surface area contributed by atoms with E-state index in [4.69, 9.17) is 21.3 Å². The quantitative estimate of drug-likeness (QED) is 0.666. The van der Waals surface area contributed by atoms with Gasteiger partial charge in [-0.25, -0.2) is 4.98 Å². The number of hydrogen-bond donors (Lipinski definition) is 1. The zero-order valence-corrected chi connectivity index (χ0v) is 16.8. The van der Waals surface area contributed by atoms with Gasteiger partial charge in [-0.2, -0.15) is 0 Å². The van der Waals surface area contributed by atoms with Gasteiger partial charge in [0.05, 0.1) is 18.9 Å². The van der Waals surface area contributed by atoms with Crippen LogP contribution >= 0.6 is 22.9 Å². The van der Waals surface area contributed by atoms with E-state index in [0.717, 1.165) is 49.0 Å². The van der Waals surface area contributed by atoms with Crippen molar-refractivity contribution in [1.29, 1.82) is 0 Å². The molecule has 0 radical (unpaired) electrons. The summed E-state index contributed by atoms with van der Waals surface area (Å²) in [6, 6.07) is 17.0. The molecule has 1 aliphatic rings. The molecule has 1 saturated heterocycles. The number of benzene rings is 2. The second kappa shape index (κ2) is 8.84. The zero-order valence-electron chi connectivity index (χ0n) is 15.2. The molecule has 0 spiro atoms. The van der Waals surface area contributed by atoms with Crippen LogP contribution in [-0.4, -0.2) is 42.1 Å². The van der Waals surface area contributed by atoms with Crippen LogP contribution in [-0.2, 0) is 11.3 Å². The number of hydrogen-bond acceptors (Lipinski definition) is 5. The Morgan fingerprint density at radius 1 is 1.14 bits per heavy atom. The van der Waals surface area contributed by atoms with E-state index in [0.29, 0.717) is 15.7 Å². The van der Waals surface area contributed by atoms with Gasteiger partial charge in [0.2, 0.25) is 0 Å². The first-order chi connectivity index (χ1) is 13.7. The molecule has 0 aliphatic carbocycles. The molecular weight excluding hydrogens is 394 g/mol. The summed E-state index contributed by atoms with van der Waals surface area (Å²) < 4.78 is 5.45. The monoisotopic (exact) mass is 413 g/mol. The predicted octanol–water partition coefficient (Wildman–Crippen LogP) is 4.55. The number of anilines is 1. The van der Waals surface area contributed by atoms with Crippen LogP contribution in [0.3, 0.4) is 0 Å². The van der Waals surface area contributed by atoms with E-state index >= 15 is 0 Å². The van der Waals surface area contributed by atoms with Crippen molar-refractivity contribution < 1.29 is 9.53 Å². The Labute approximate surface area is 172 Å². The van der Waals surface area contributed by atoms with Crippen molar-refractivity contribution in [1.82, 2.24) is 9.88 Å². The molecule has 0 unspecified atom stereocenters. The molecule has 5 nitrogen and oxygen atoms in total. The van der Waals surface area contributed by atoms with Crippen LogP contribution in [0, 0.1) is 0 Å². The molecule has 0 bridgehead atoms. The van der Waals surface area contributed by atoms with E-state index in [1.54, 1.807) is 24.3 Å². The molecule has 1 amide bonds. The number of thiazole rings is 1. The molecule has 1 aliphatic heterocycles. The minimum Gasteiger partial charge on any atom is -0.379 e. The maximum absolute atomic E-state index is 12.6. The fraction of sp³-hybridized carbons (Fsp3) is 0.238. The Kier molecular flexibility index (Phi) is 6.02. The fourth-order valence-electron chi connectivity index (χ4n) is 3.10. The van der Waals surface area contributed by atoms with Crippen molar-refractivity contribution in [2.24, 2.45) is 0 Å². The van der Waals surface area contributed by atoms with E-state index in [1.165, 1.54) is 11.3 Å². The van der Waals surface area contributed by atoms with Gasteiger partial charge in [0.1, 0.15) is 0 Å². The molecule has 144 valence electrons. The Hall–Kier alpha value is -2.25. The Bertz CT molecular complexity index is 955. The van der Waals surface area contributed by atoms with Crippen LogP contribution in [0.5, 0.6) is 0 Å². The minimum absolute atomic E-state index is 0.214. The number of amides is 1. The Morgan fingerprint density at radius 2 is 1.93 bits per heavy atom. The summed E-state index contributed by atoms with van der Waals surface area (Å²) in [6.45, 7) is 4.08. The highest BCUT2D eigenvalue weighted by Crippen LogP contribution is 2.32. The summed E-state index contributed by atoms with van der Waals surface area (Å²) >= 11 is 7.52. The van der Waals surface area contributed by atoms with Crippen molar-refractivity contribution in [3.63, 3.8) is 0 Å². The number of nitrogens with zero attached hydrogens (tertiary/aromatic N) is 2. The summed E-state index contributed by atoms with van der Waals surface area (Å²) in [7, 11) is 0. The van der Waals surface area contributed by atoms with E-state index in [2.05, 4.69) is 10.2 Å². The third kappa shape index (κ3) is 4.59. The largest absolute Gasteiger partial charge is 0.379 e. The second-order valence-electron chi connectivity index (χ2n) is 6.51. The first kappa shape index (κ1) is 19.1. The maximum Gasteiger partial charge on any atom is 0.257 e. The van der Waals surface area contributed by atoms with Gasteiger partial charge >= 0.3 is 0 Å². The van der Waals surface area contributed by atoms with Crippen LogP contribution in [0.25, 0.3) is 11.3 Å². The van der Waals surface area contributed by atoms with Gasteiger partial charge < -0.3 is 4.74 Å². The van der Waals surface area contributed by atoms with Crippen molar-refractivity contribution in [3.05, 3.63) is 70.1 Å². The van der Waals surface area contributed by atoms with Crippen molar-refractivity contribution in [3.8, 4) is 11.3 Å². The zero-order chi connectivity index (χ0) is 19.3. The number of carbonyl (C=O) groups is 1. The SMILES string of the molecule is O=C(Nc1nc(-c2ccccc2)c(CN2CCOCC2)s1)c1cccc(Cl)c1. The van der Waals surface area contributed by atoms with E-state index in [1.807, 2.05) is 30.3 Å². The molecule has 2 heterocycles. The number of aromatic nitrogens is 1. The molecule has 28 heavy (non-hydrogen) atoms. The number of morpholine rings is 1. The van der Waals surface area contributed by atoms with Crippen LogP contribution in [0.15, 0.2) is 54.6 Å². The molecule has 2 aromatic carbocycles. The van der Waals surface area contributed by atoms with E-state index < -0.39 is 0 Å². The van der Waals surface area contributed by atoms with Crippen LogP contribution in [0.4, 0.5) is 5.13 Å². The van der Waals surface area contributed by atoms with Crippen molar-refractivity contribution >= 4 is 34.0 Å². The van der Waals surface area contributed by atoms with Crippen LogP contribution < -0.4 is 5.32 Å². The number of rotatable bonds is 5. The average Bonchev–Trinajstić information content (AvgIpc) is 3.11. The highest BCUT2D eigenvalue weighted by atomic mass is 35.5. The summed E-state index contributed by atoms with van der Waals surface area (Å²) in [6.07, 6.45) is 0. The van der Waals surface area contributed by atoms with Crippen LogP contribution in [0.2, 0.25) is 5.02 Å². The van der Waals surface area contributed by atoms with Gasteiger partial charge in [0.25, 0.3) is 5.91 Å². The first-order valence-corrected chi connectivity index (χ1v) is 10.3. The number of halogens is 1. The van der Waals surface area contributed by atoms with Crippen molar-refractivity contribution in [2.75, 3.05) is 31.6 Å². The average molecular weight is 414 g/mol. The summed E-state index contributed by atoms with van der Waals surface area (Å²) in [4.78, 5) is 20.8. The first-order valence-electron chi connectivity index (χ1n) is 9.11. The number of ether oxygens (including phenoxy) is 1. The van der Waals surface area contributed by atoms with Gasteiger partial charge in [0.15, 0.2) is 5.13 Å². The normalized spacial score (nSPS) is 14.8. The number of nitrogens with one attached hydrogen (secondary N) is 1. The Balaban J connectivity index is 1.60. The maximum atomic E-state index is 12.6. The molecule has 0 atom stereocenters. The smallest absolute Gasteiger partial charge is 0.257 e. The molecule has 4 rings (SSSR count). The lowest BCUT2D eigenvalue weighted by Crippen LogP contribution is -2.35.